The molecule has 3 amide bonds. The van der Waals surface area contributed by atoms with Gasteiger partial charge in [0.2, 0.25) is 5.91 Å². The average Bonchev–Trinajstić information content (AvgIpc) is 3.28. The van der Waals surface area contributed by atoms with E-state index in [9.17, 15) is 9.59 Å². The summed E-state index contributed by atoms with van der Waals surface area (Å²) in [6.07, 6.45) is 0.568. The molecule has 0 aliphatic carbocycles. The first kappa shape index (κ1) is 28.2. The van der Waals surface area contributed by atoms with Crippen LogP contribution < -0.4 is 15.5 Å². The number of nitrogens with zero attached hydrogens (tertiary/aromatic N) is 4. The van der Waals surface area contributed by atoms with E-state index < -0.39 is 0 Å². The van der Waals surface area contributed by atoms with Crippen LogP contribution in [-0.4, -0.2) is 52.8 Å². The fourth-order valence-corrected chi connectivity index (χ4v) is 4.53. The summed E-state index contributed by atoms with van der Waals surface area (Å²) in [5.41, 5.74) is 4.55. The second-order valence-corrected chi connectivity index (χ2v) is 12.6. The summed E-state index contributed by atoms with van der Waals surface area (Å²) in [5.74, 6) is 0.836. The normalized spacial score (nSPS) is 14.3. The highest BCUT2D eigenvalue weighted by molar-refractivity contribution is 5.99. The van der Waals surface area contributed by atoms with Crippen LogP contribution in [0, 0.1) is 12.3 Å². The van der Waals surface area contributed by atoms with E-state index >= 15 is 0 Å². The van der Waals surface area contributed by atoms with Gasteiger partial charge in [-0.1, -0.05) is 59.2 Å². The third kappa shape index (κ3) is 7.40. The van der Waals surface area contributed by atoms with Crippen molar-refractivity contribution in [3.05, 3.63) is 65.9 Å². The quantitative estimate of drug-likeness (QED) is 0.411. The number of rotatable bonds is 5. The van der Waals surface area contributed by atoms with Gasteiger partial charge >= 0.3 is 6.03 Å². The molecule has 0 atom stereocenters. The van der Waals surface area contributed by atoms with E-state index in [0.717, 1.165) is 48.8 Å². The molecule has 0 unspecified atom stereocenters. The molecule has 1 aromatic heterocycles. The number of amides is 3. The van der Waals surface area contributed by atoms with Gasteiger partial charge in [0.1, 0.15) is 5.82 Å². The van der Waals surface area contributed by atoms with E-state index in [-0.39, 0.29) is 22.8 Å². The van der Waals surface area contributed by atoms with Gasteiger partial charge < -0.3 is 15.1 Å². The van der Waals surface area contributed by atoms with Gasteiger partial charge in [-0.2, -0.15) is 5.10 Å². The van der Waals surface area contributed by atoms with Gasteiger partial charge in [-0.05, 0) is 48.7 Å². The average molecular weight is 531 g/mol. The first-order chi connectivity index (χ1) is 18.3. The number of hydrogen-bond acceptors (Lipinski definition) is 4. The van der Waals surface area contributed by atoms with E-state index in [4.69, 9.17) is 5.10 Å². The zero-order valence-electron chi connectivity index (χ0n) is 24.3. The zero-order chi connectivity index (χ0) is 28.4. The molecule has 1 aliphatic heterocycles. The van der Waals surface area contributed by atoms with Gasteiger partial charge in [0.15, 0.2) is 0 Å². The molecule has 2 N–H and O–H groups in total. The number of aryl methyl sites for hydroxylation is 1. The number of carbonyl (C=O) groups is 2. The van der Waals surface area contributed by atoms with Gasteiger partial charge in [-0.25, -0.2) is 9.48 Å². The van der Waals surface area contributed by atoms with Gasteiger partial charge in [0.05, 0.1) is 11.4 Å². The number of aromatic nitrogens is 2. The molecule has 0 radical (unpaired) electrons. The number of benzene rings is 2. The minimum absolute atomic E-state index is 0.00148. The molecule has 208 valence electrons. The van der Waals surface area contributed by atoms with Crippen molar-refractivity contribution in [3.63, 3.8) is 0 Å². The summed E-state index contributed by atoms with van der Waals surface area (Å²) in [5, 5.41) is 10.7. The topological polar surface area (TPSA) is 82.5 Å². The highest BCUT2D eigenvalue weighted by Crippen LogP contribution is 2.27. The van der Waals surface area contributed by atoms with Crippen LogP contribution in [0.2, 0.25) is 0 Å². The smallest absolute Gasteiger partial charge is 0.324 e. The number of urea groups is 1. The van der Waals surface area contributed by atoms with Crippen LogP contribution in [-0.2, 0) is 10.2 Å². The van der Waals surface area contributed by atoms with Crippen LogP contribution in [0.3, 0.4) is 0 Å². The van der Waals surface area contributed by atoms with Gasteiger partial charge in [-0.3, -0.25) is 10.1 Å². The molecule has 2 heterocycles. The van der Waals surface area contributed by atoms with Crippen molar-refractivity contribution in [2.45, 2.75) is 60.3 Å². The Kier molecular flexibility index (Phi) is 8.04. The lowest BCUT2D eigenvalue weighted by Crippen LogP contribution is -2.49. The maximum Gasteiger partial charge on any atom is 0.324 e. The number of anilines is 3. The minimum atomic E-state index is -0.331. The summed E-state index contributed by atoms with van der Waals surface area (Å²) in [4.78, 5) is 29.8. The van der Waals surface area contributed by atoms with Crippen LogP contribution in [0.1, 0.15) is 59.2 Å². The fourth-order valence-electron chi connectivity index (χ4n) is 4.53. The van der Waals surface area contributed by atoms with Crippen molar-refractivity contribution in [2.75, 3.05) is 41.7 Å². The number of piperazine rings is 1. The van der Waals surface area contributed by atoms with Crippen LogP contribution >= 0.6 is 0 Å². The number of nitrogens with one attached hydrogen (secondary N) is 2. The third-order valence-corrected chi connectivity index (χ3v) is 6.80. The van der Waals surface area contributed by atoms with E-state index in [1.807, 2.05) is 66.4 Å². The summed E-state index contributed by atoms with van der Waals surface area (Å²) in [6.45, 7) is 17.7. The molecule has 2 aromatic carbocycles. The Bertz CT molecular complexity index is 1290. The van der Waals surface area contributed by atoms with E-state index in [1.165, 1.54) is 0 Å². The van der Waals surface area contributed by atoms with Crippen molar-refractivity contribution in [1.29, 1.82) is 0 Å². The largest absolute Gasteiger partial charge is 0.368 e. The van der Waals surface area contributed by atoms with Crippen molar-refractivity contribution < 1.29 is 9.59 Å². The molecule has 39 heavy (non-hydrogen) atoms. The molecule has 0 saturated carbocycles. The number of carbonyl (C=O) groups excluding carboxylic acids is 2. The van der Waals surface area contributed by atoms with Crippen LogP contribution in [0.4, 0.5) is 22.0 Å². The molecule has 1 saturated heterocycles. The number of hydrogen-bond donors (Lipinski definition) is 2. The summed E-state index contributed by atoms with van der Waals surface area (Å²) in [7, 11) is 0. The lowest BCUT2D eigenvalue weighted by molar-refractivity contribution is -0.133. The molecule has 1 aliphatic rings. The fraction of sp³-hybridized carbons (Fsp3) is 0.452. The Morgan fingerprint density at radius 2 is 1.41 bits per heavy atom. The second kappa shape index (κ2) is 11.1. The second-order valence-electron chi connectivity index (χ2n) is 12.6. The maximum absolute atomic E-state index is 13.0. The van der Waals surface area contributed by atoms with Crippen LogP contribution in [0.25, 0.3) is 5.69 Å². The Hall–Kier alpha value is -3.81. The monoisotopic (exact) mass is 530 g/mol. The first-order valence-corrected chi connectivity index (χ1v) is 13.7. The first-order valence-electron chi connectivity index (χ1n) is 13.7. The Labute approximate surface area is 232 Å². The summed E-state index contributed by atoms with van der Waals surface area (Å²) < 4.78 is 1.77. The Morgan fingerprint density at radius 1 is 0.821 bits per heavy atom. The summed E-state index contributed by atoms with van der Waals surface area (Å²) >= 11 is 0. The molecule has 8 nitrogen and oxygen atoms in total. The molecule has 0 bridgehead atoms. The molecule has 0 spiro atoms. The predicted octanol–water partition coefficient (Wildman–Crippen LogP) is 6.21. The molecule has 4 rings (SSSR count). The highest BCUT2D eigenvalue weighted by Gasteiger charge is 2.25. The lowest BCUT2D eigenvalue weighted by Gasteiger charge is -2.37. The molecule has 3 aromatic rings. The molecular formula is C31H42N6O2. The maximum atomic E-state index is 13.0. The Morgan fingerprint density at radius 3 is 1.97 bits per heavy atom. The minimum Gasteiger partial charge on any atom is -0.368 e. The highest BCUT2D eigenvalue weighted by atomic mass is 16.2. The SMILES string of the molecule is Cc1ccc(-n2nc(C(C)(C)C)cc2NC(=O)Nc2ccc(N3CCN(C(=O)CC(C)(C)C)CC3)cc2)cc1. The van der Waals surface area contributed by atoms with Gasteiger partial charge in [-0.15, -0.1) is 0 Å². The molecular weight excluding hydrogens is 488 g/mol. The standard InChI is InChI=1S/C31H42N6O2/c1-22-8-12-25(13-9-22)37-27(20-26(34-37)31(5,6)7)33-29(39)32-23-10-14-24(15-11-23)35-16-18-36(19-17-35)28(38)21-30(2,3)4/h8-15,20H,16-19,21H2,1-7H3,(H2,32,33,39). The molecule has 8 heteroatoms. The third-order valence-electron chi connectivity index (χ3n) is 6.80. The predicted molar refractivity (Wildman–Crippen MR) is 159 cm³/mol. The van der Waals surface area contributed by atoms with E-state index in [2.05, 4.69) is 57.1 Å². The van der Waals surface area contributed by atoms with Crippen molar-refractivity contribution in [3.8, 4) is 5.69 Å². The van der Waals surface area contributed by atoms with Gasteiger partial charge in [0, 0.05) is 55.5 Å². The van der Waals surface area contributed by atoms with E-state index in [1.54, 1.807) is 4.68 Å². The van der Waals surface area contributed by atoms with Gasteiger partial charge in [0.25, 0.3) is 0 Å². The van der Waals surface area contributed by atoms with E-state index in [0.29, 0.717) is 17.9 Å². The summed E-state index contributed by atoms with van der Waals surface area (Å²) in [6, 6.07) is 17.5. The van der Waals surface area contributed by atoms with Crippen LogP contribution in [0.15, 0.2) is 54.6 Å². The lowest BCUT2D eigenvalue weighted by atomic mass is 9.91. The van der Waals surface area contributed by atoms with Crippen molar-refractivity contribution in [2.24, 2.45) is 5.41 Å². The zero-order valence-corrected chi connectivity index (χ0v) is 24.3. The van der Waals surface area contributed by atoms with Crippen molar-refractivity contribution in [1.82, 2.24) is 14.7 Å². The molecule has 1 fully saturated rings. The van der Waals surface area contributed by atoms with Crippen LogP contribution in [0.5, 0.6) is 0 Å². The Balaban J connectivity index is 1.38. The van der Waals surface area contributed by atoms with Crippen molar-refractivity contribution >= 4 is 29.1 Å².